The van der Waals surface area contributed by atoms with Crippen LogP contribution < -0.4 is 5.32 Å². The predicted octanol–water partition coefficient (Wildman–Crippen LogP) is 2.33. The minimum atomic E-state index is -3.22. The van der Waals surface area contributed by atoms with Gasteiger partial charge >= 0.3 is 5.97 Å². The highest BCUT2D eigenvalue weighted by molar-refractivity contribution is 8.03. The molecule has 0 aromatic heterocycles. The fourth-order valence-corrected chi connectivity index (χ4v) is 5.73. The number of halogens is 1. The summed E-state index contributed by atoms with van der Waals surface area (Å²) < 4.78 is 28.0. The topological polar surface area (TPSA) is 89.5 Å². The lowest BCUT2D eigenvalue weighted by atomic mass is 9.95. The molecule has 9 heteroatoms. The number of benzene rings is 1. The van der Waals surface area contributed by atoms with Gasteiger partial charge in [-0.05, 0) is 29.5 Å². The largest absolute Gasteiger partial charge is 0.464 e. The number of fused-ring (bicyclic) bond motifs is 1. The Morgan fingerprint density at radius 1 is 1.33 bits per heavy atom. The molecule has 3 rings (SSSR count). The summed E-state index contributed by atoms with van der Waals surface area (Å²) in [5.41, 5.74) is 2.77. The van der Waals surface area contributed by atoms with Crippen molar-refractivity contribution >= 4 is 50.5 Å². The van der Waals surface area contributed by atoms with Crippen molar-refractivity contribution in [3.63, 3.8) is 0 Å². The van der Waals surface area contributed by atoms with Gasteiger partial charge in [0.15, 0.2) is 15.6 Å². The SMILES string of the molecule is COC(=O)C1=C(c2ccc(CS(C)(=O)=O)c(Cl)c2)C2SC=C(C(C)=O)C2N1. The Morgan fingerprint density at radius 2 is 2.04 bits per heavy atom. The van der Waals surface area contributed by atoms with Crippen molar-refractivity contribution in [2.75, 3.05) is 13.4 Å². The molecule has 27 heavy (non-hydrogen) atoms. The average molecular weight is 428 g/mol. The molecule has 144 valence electrons. The Balaban J connectivity index is 2.03. The third kappa shape index (κ3) is 3.93. The monoisotopic (exact) mass is 427 g/mol. The Morgan fingerprint density at radius 3 is 2.59 bits per heavy atom. The molecular formula is C18H18ClNO5S2. The van der Waals surface area contributed by atoms with E-state index in [4.69, 9.17) is 16.3 Å². The lowest BCUT2D eigenvalue weighted by molar-refractivity contribution is -0.136. The Labute approximate surface area is 166 Å². The summed E-state index contributed by atoms with van der Waals surface area (Å²) in [5, 5.41) is 5.05. The van der Waals surface area contributed by atoms with Gasteiger partial charge in [-0.15, -0.1) is 11.8 Å². The van der Waals surface area contributed by atoms with Crippen LogP contribution in [0, 0.1) is 0 Å². The second-order valence-corrected chi connectivity index (χ2v) is 10.0. The molecule has 2 aliphatic rings. The van der Waals surface area contributed by atoms with E-state index in [1.54, 1.807) is 23.6 Å². The van der Waals surface area contributed by atoms with Crippen LogP contribution in [-0.2, 0) is 29.9 Å². The summed E-state index contributed by atoms with van der Waals surface area (Å²) in [6.07, 6.45) is 1.14. The molecule has 0 fully saturated rings. The van der Waals surface area contributed by atoms with E-state index in [-0.39, 0.29) is 22.8 Å². The fourth-order valence-electron chi connectivity index (χ4n) is 3.22. The number of hydrogen-bond acceptors (Lipinski definition) is 7. The van der Waals surface area contributed by atoms with Crippen LogP contribution in [0.3, 0.4) is 0 Å². The van der Waals surface area contributed by atoms with Gasteiger partial charge in [0.1, 0.15) is 5.70 Å². The number of ketones is 1. The lowest BCUT2D eigenvalue weighted by Gasteiger charge is -2.16. The molecule has 1 aromatic carbocycles. The maximum atomic E-state index is 12.3. The van der Waals surface area contributed by atoms with Gasteiger partial charge in [0.25, 0.3) is 0 Å². The summed E-state index contributed by atoms with van der Waals surface area (Å²) in [4.78, 5) is 24.2. The molecule has 0 saturated heterocycles. The molecule has 0 aliphatic carbocycles. The van der Waals surface area contributed by atoms with Gasteiger partial charge in [-0.3, -0.25) is 4.79 Å². The Kier molecular flexibility index (Phi) is 5.42. The molecule has 0 bridgehead atoms. The number of nitrogens with one attached hydrogen (secondary N) is 1. The first kappa shape index (κ1) is 20.0. The highest BCUT2D eigenvalue weighted by Crippen LogP contribution is 2.45. The van der Waals surface area contributed by atoms with E-state index in [9.17, 15) is 18.0 Å². The molecular weight excluding hydrogens is 410 g/mol. The van der Waals surface area contributed by atoms with Gasteiger partial charge in [-0.2, -0.15) is 0 Å². The maximum absolute atomic E-state index is 12.3. The summed E-state index contributed by atoms with van der Waals surface area (Å²) in [6, 6.07) is 4.72. The van der Waals surface area contributed by atoms with Gasteiger partial charge in [-0.25, -0.2) is 13.2 Å². The maximum Gasteiger partial charge on any atom is 0.354 e. The van der Waals surface area contributed by atoms with Crippen LogP contribution >= 0.6 is 23.4 Å². The minimum Gasteiger partial charge on any atom is -0.464 e. The van der Waals surface area contributed by atoms with Crippen molar-refractivity contribution in [2.24, 2.45) is 0 Å². The van der Waals surface area contributed by atoms with E-state index >= 15 is 0 Å². The van der Waals surface area contributed by atoms with Gasteiger partial charge in [0.05, 0.1) is 24.2 Å². The summed E-state index contributed by atoms with van der Waals surface area (Å²) >= 11 is 7.75. The molecule has 1 N–H and O–H groups in total. The number of Topliss-reactive ketones (excluding diaryl/α,β-unsaturated/α-hetero) is 1. The van der Waals surface area contributed by atoms with Crippen LogP contribution in [0.25, 0.3) is 5.57 Å². The molecule has 0 radical (unpaired) electrons. The van der Waals surface area contributed by atoms with Gasteiger partial charge in [0.2, 0.25) is 0 Å². The number of ether oxygens (including phenoxy) is 1. The van der Waals surface area contributed by atoms with E-state index in [0.29, 0.717) is 33.0 Å². The van der Waals surface area contributed by atoms with Gasteiger partial charge in [-0.1, -0.05) is 23.7 Å². The summed E-state index contributed by atoms with van der Waals surface area (Å²) in [5.74, 6) is -0.752. The average Bonchev–Trinajstić information content (AvgIpc) is 3.13. The quantitative estimate of drug-likeness (QED) is 0.721. The van der Waals surface area contributed by atoms with Crippen molar-refractivity contribution in [3.8, 4) is 0 Å². The van der Waals surface area contributed by atoms with Crippen molar-refractivity contribution in [3.05, 3.63) is 51.0 Å². The molecule has 0 amide bonds. The van der Waals surface area contributed by atoms with Crippen LogP contribution in [0.15, 0.2) is 34.9 Å². The first-order valence-corrected chi connectivity index (χ1v) is 11.4. The molecule has 6 nitrogen and oxygen atoms in total. The molecule has 1 aromatic rings. The van der Waals surface area contributed by atoms with Crippen LogP contribution in [0.1, 0.15) is 18.1 Å². The number of hydrogen-bond donors (Lipinski definition) is 1. The number of sulfone groups is 1. The first-order chi connectivity index (χ1) is 12.6. The van der Waals surface area contributed by atoms with Crippen LogP contribution in [0.2, 0.25) is 5.02 Å². The molecule has 2 unspecified atom stereocenters. The standard InChI is InChI=1S/C18H18ClNO5S2/c1-9(21)12-7-26-17-14(16(18(22)25-2)20-15(12)17)10-4-5-11(13(19)6-10)8-27(3,23)24/h4-7,15,17,20H,8H2,1-3H3. The van der Waals surface area contributed by atoms with Crippen LogP contribution in [0.4, 0.5) is 0 Å². The molecule has 2 aliphatic heterocycles. The molecule has 2 heterocycles. The van der Waals surface area contributed by atoms with E-state index in [0.717, 1.165) is 6.26 Å². The first-order valence-electron chi connectivity index (χ1n) is 8.04. The van der Waals surface area contributed by atoms with E-state index in [1.165, 1.54) is 25.8 Å². The zero-order valence-electron chi connectivity index (χ0n) is 14.9. The van der Waals surface area contributed by atoms with Gasteiger partial charge in [0, 0.05) is 22.4 Å². The van der Waals surface area contributed by atoms with Crippen LogP contribution in [-0.4, -0.2) is 44.8 Å². The van der Waals surface area contributed by atoms with Crippen molar-refractivity contribution in [2.45, 2.75) is 24.0 Å². The minimum absolute atomic E-state index is 0.0606. The summed E-state index contributed by atoms with van der Waals surface area (Å²) in [6.45, 7) is 1.49. The zero-order valence-corrected chi connectivity index (χ0v) is 17.3. The second-order valence-electron chi connectivity index (χ2n) is 6.46. The van der Waals surface area contributed by atoms with Crippen LogP contribution in [0.5, 0.6) is 0 Å². The number of methoxy groups -OCH3 is 1. The number of rotatable bonds is 5. The molecule has 0 spiro atoms. The fraction of sp³-hybridized carbons (Fsp3) is 0.333. The normalized spacial score (nSPS) is 21.6. The Hall–Kier alpha value is -1.77. The molecule has 0 saturated carbocycles. The summed E-state index contributed by atoms with van der Waals surface area (Å²) in [7, 11) is -1.93. The third-order valence-electron chi connectivity index (χ3n) is 4.41. The number of carbonyl (C=O) groups excluding carboxylic acids is 2. The van der Waals surface area contributed by atoms with Gasteiger partial charge < -0.3 is 10.1 Å². The smallest absolute Gasteiger partial charge is 0.354 e. The van der Waals surface area contributed by atoms with E-state index < -0.39 is 15.8 Å². The second kappa shape index (κ2) is 7.33. The van der Waals surface area contributed by atoms with Crippen molar-refractivity contribution in [1.29, 1.82) is 0 Å². The lowest BCUT2D eigenvalue weighted by Crippen LogP contribution is -2.33. The van der Waals surface area contributed by atoms with E-state index in [1.807, 2.05) is 0 Å². The van der Waals surface area contributed by atoms with Crippen molar-refractivity contribution < 1.29 is 22.7 Å². The number of esters is 1. The number of thioether (sulfide) groups is 1. The highest BCUT2D eigenvalue weighted by Gasteiger charge is 2.44. The third-order valence-corrected chi connectivity index (χ3v) is 6.79. The molecule has 2 atom stereocenters. The zero-order chi connectivity index (χ0) is 19.9. The Bertz CT molecular complexity index is 997. The number of carbonyl (C=O) groups is 2. The predicted molar refractivity (Wildman–Crippen MR) is 106 cm³/mol. The highest BCUT2D eigenvalue weighted by atomic mass is 35.5. The van der Waals surface area contributed by atoms with Crippen molar-refractivity contribution in [1.82, 2.24) is 5.32 Å². The van der Waals surface area contributed by atoms with E-state index in [2.05, 4.69) is 5.32 Å².